The van der Waals surface area contributed by atoms with Gasteiger partial charge in [0, 0.05) is 23.3 Å². The molecule has 3 rings (SSSR count). The summed E-state index contributed by atoms with van der Waals surface area (Å²) in [5.74, 6) is 0.490. The molecule has 2 aromatic heterocycles. The Balaban J connectivity index is 2.10. The number of fused-ring (bicyclic) bond motifs is 1. The van der Waals surface area contributed by atoms with Gasteiger partial charge in [0.25, 0.3) is 0 Å². The largest absolute Gasteiger partial charge is 0.383 e. The first-order chi connectivity index (χ1) is 9.66. The van der Waals surface area contributed by atoms with Crippen molar-refractivity contribution in [3.8, 4) is 0 Å². The average molecular weight is 264 g/mol. The monoisotopic (exact) mass is 264 g/mol. The predicted molar refractivity (Wildman–Crippen MR) is 81.2 cm³/mol. The van der Waals surface area contributed by atoms with Crippen molar-refractivity contribution < 1.29 is 0 Å². The maximum Gasteiger partial charge on any atom is 0.128 e. The molecule has 1 unspecified atom stereocenters. The molecule has 4 heteroatoms. The third kappa shape index (κ3) is 2.10. The van der Waals surface area contributed by atoms with Crippen molar-refractivity contribution in [2.45, 2.75) is 13.0 Å². The molecule has 1 aromatic carbocycles. The highest BCUT2D eigenvalue weighted by Crippen LogP contribution is 2.27. The van der Waals surface area contributed by atoms with Crippen LogP contribution in [0.4, 0.5) is 5.82 Å². The number of pyridine rings is 2. The zero-order valence-electron chi connectivity index (χ0n) is 11.2. The Bertz CT molecular complexity index is 747. The Kier molecular flexibility index (Phi) is 3.08. The van der Waals surface area contributed by atoms with Crippen LogP contribution in [-0.2, 0) is 0 Å². The number of nitrogens with two attached hydrogens (primary N) is 2. The fourth-order valence-corrected chi connectivity index (χ4v) is 2.45. The van der Waals surface area contributed by atoms with Gasteiger partial charge in [-0.05, 0) is 42.3 Å². The highest BCUT2D eigenvalue weighted by Gasteiger charge is 2.15. The van der Waals surface area contributed by atoms with E-state index in [1.165, 1.54) is 0 Å². The van der Waals surface area contributed by atoms with Gasteiger partial charge in [-0.25, -0.2) is 4.98 Å². The molecule has 2 heterocycles. The number of aryl methyl sites for hydroxylation is 1. The van der Waals surface area contributed by atoms with Gasteiger partial charge in [0.05, 0.1) is 11.6 Å². The van der Waals surface area contributed by atoms with Gasteiger partial charge >= 0.3 is 0 Å². The second kappa shape index (κ2) is 4.90. The molecular weight excluding hydrogens is 248 g/mol. The maximum absolute atomic E-state index is 6.37. The van der Waals surface area contributed by atoms with E-state index in [0.717, 1.165) is 27.6 Å². The van der Waals surface area contributed by atoms with Gasteiger partial charge < -0.3 is 11.5 Å². The van der Waals surface area contributed by atoms with E-state index in [9.17, 15) is 0 Å². The number of nitrogens with zero attached hydrogens (tertiary/aromatic N) is 2. The standard InChI is InChI=1S/C16H16N4/c1-10-6-8-20-16(18)14(10)15(17)12-4-5-13-11(9-12)3-2-7-19-13/h2-9,15H,17H2,1H3,(H2,18,20). The quantitative estimate of drug-likeness (QED) is 0.745. The minimum atomic E-state index is -0.284. The number of nitrogen functional groups attached to an aromatic ring is 1. The van der Waals surface area contributed by atoms with Crippen molar-refractivity contribution in [1.29, 1.82) is 0 Å². The van der Waals surface area contributed by atoms with Crippen LogP contribution in [0, 0.1) is 6.92 Å². The number of rotatable bonds is 2. The fourth-order valence-electron chi connectivity index (χ4n) is 2.45. The molecule has 0 spiro atoms. The highest BCUT2D eigenvalue weighted by atomic mass is 14.8. The number of hydrogen-bond acceptors (Lipinski definition) is 4. The molecule has 0 aliphatic heterocycles. The lowest BCUT2D eigenvalue weighted by Gasteiger charge is -2.17. The van der Waals surface area contributed by atoms with Crippen LogP contribution < -0.4 is 11.5 Å². The minimum absolute atomic E-state index is 0.284. The summed E-state index contributed by atoms with van der Waals surface area (Å²) in [4.78, 5) is 8.45. The van der Waals surface area contributed by atoms with Gasteiger partial charge in [-0.1, -0.05) is 12.1 Å². The molecule has 3 aromatic rings. The Hall–Kier alpha value is -2.46. The molecule has 0 bridgehead atoms. The summed E-state index contributed by atoms with van der Waals surface area (Å²) < 4.78 is 0. The summed E-state index contributed by atoms with van der Waals surface area (Å²) in [6, 6.07) is 11.6. The van der Waals surface area contributed by atoms with Gasteiger partial charge in [0.15, 0.2) is 0 Å². The van der Waals surface area contributed by atoms with Crippen LogP contribution in [0.3, 0.4) is 0 Å². The zero-order valence-corrected chi connectivity index (χ0v) is 11.2. The van der Waals surface area contributed by atoms with Crippen molar-refractivity contribution in [2.24, 2.45) is 5.73 Å². The molecule has 0 saturated carbocycles. The molecule has 20 heavy (non-hydrogen) atoms. The molecular formula is C16H16N4. The SMILES string of the molecule is Cc1ccnc(N)c1C(N)c1ccc2ncccc2c1. The summed E-state index contributed by atoms with van der Waals surface area (Å²) in [5, 5.41) is 1.07. The van der Waals surface area contributed by atoms with Gasteiger partial charge in [-0.3, -0.25) is 4.98 Å². The van der Waals surface area contributed by atoms with E-state index in [0.29, 0.717) is 5.82 Å². The summed E-state index contributed by atoms with van der Waals surface area (Å²) in [6.45, 7) is 2.00. The Morgan fingerprint density at radius 1 is 1.05 bits per heavy atom. The maximum atomic E-state index is 6.37. The van der Waals surface area contributed by atoms with Crippen molar-refractivity contribution in [3.63, 3.8) is 0 Å². The van der Waals surface area contributed by atoms with Crippen LogP contribution in [-0.4, -0.2) is 9.97 Å². The van der Waals surface area contributed by atoms with Gasteiger partial charge in [-0.2, -0.15) is 0 Å². The van der Waals surface area contributed by atoms with Crippen molar-refractivity contribution >= 4 is 16.7 Å². The van der Waals surface area contributed by atoms with Crippen LogP contribution in [0.1, 0.15) is 22.7 Å². The Labute approximate surface area is 117 Å². The van der Waals surface area contributed by atoms with Crippen molar-refractivity contribution in [2.75, 3.05) is 5.73 Å². The van der Waals surface area contributed by atoms with Crippen LogP contribution in [0.15, 0.2) is 48.8 Å². The molecule has 4 nitrogen and oxygen atoms in total. The molecule has 0 saturated heterocycles. The van der Waals surface area contributed by atoms with E-state index in [4.69, 9.17) is 11.5 Å². The fraction of sp³-hybridized carbons (Fsp3) is 0.125. The van der Waals surface area contributed by atoms with E-state index >= 15 is 0 Å². The molecule has 0 radical (unpaired) electrons. The van der Waals surface area contributed by atoms with E-state index in [2.05, 4.69) is 16.0 Å². The van der Waals surface area contributed by atoms with E-state index in [1.54, 1.807) is 12.4 Å². The molecule has 4 N–H and O–H groups in total. The van der Waals surface area contributed by atoms with E-state index in [1.807, 2.05) is 37.3 Å². The number of anilines is 1. The third-order valence-corrected chi connectivity index (χ3v) is 3.54. The van der Waals surface area contributed by atoms with Crippen LogP contribution in [0.5, 0.6) is 0 Å². The molecule has 100 valence electrons. The molecule has 0 aliphatic carbocycles. The van der Waals surface area contributed by atoms with Crippen LogP contribution >= 0.6 is 0 Å². The van der Waals surface area contributed by atoms with E-state index < -0.39 is 0 Å². The van der Waals surface area contributed by atoms with Crippen molar-refractivity contribution in [1.82, 2.24) is 9.97 Å². The highest BCUT2D eigenvalue weighted by molar-refractivity contribution is 5.79. The summed E-state index contributed by atoms with van der Waals surface area (Å²) >= 11 is 0. The predicted octanol–water partition coefficient (Wildman–Crippen LogP) is 2.57. The third-order valence-electron chi connectivity index (χ3n) is 3.54. The number of aromatic nitrogens is 2. The Morgan fingerprint density at radius 3 is 2.70 bits per heavy atom. The lowest BCUT2D eigenvalue weighted by molar-refractivity contribution is 0.859. The van der Waals surface area contributed by atoms with Gasteiger partial charge in [-0.15, -0.1) is 0 Å². The number of benzene rings is 1. The second-order valence-corrected chi connectivity index (χ2v) is 4.86. The first kappa shape index (κ1) is 12.6. The topological polar surface area (TPSA) is 77.8 Å². The smallest absolute Gasteiger partial charge is 0.128 e. The average Bonchev–Trinajstić information content (AvgIpc) is 2.46. The molecule has 0 fully saturated rings. The lowest BCUT2D eigenvalue weighted by atomic mass is 9.95. The normalized spacial score (nSPS) is 12.5. The van der Waals surface area contributed by atoms with Crippen molar-refractivity contribution in [3.05, 3.63) is 65.5 Å². The Morgan fingerprint density at radius 2 is 1.90 bits per heavy atom. The van der Waals surface area contributed by atoms with Gasteiger partial charge in [0.1, 0.15) is 5.82 Å². The summed E-state index contributed by atoms with van der Waals surface area (Å²) in [7, 11) is 0. The van der Waals surface area contributed by atoms with E-state index in [-0.39, 0.29) is 6.04 Å². The lowest BCUT2D eigenvalue weighted by Crippen LogP contribution is -2.16. The zero-order chi connectivity index (χ0) is 14.1. The minimum Gasteiger partial charge on any atom is -0.383 e. The van der Waals surface area contributed by atoms with Crippen LogP contribution in [0.2, 0.25) is 0 Å². The summed E-state index contributed by atoms with van der Waals surface area (Å²) in [5.41, 5.74) is 16.2. The number of hydrogen-bond donors (Lipinski definition) is 2. The van der Waals surface area contributed by atoms with Crippen LogP contribution in [0.25, 0.3) is 10.9 Å². The van der Waals surface area contributed by atoms with Gasteiger partial charge in [0.2, 0.25) is 0 Å². The molecule has 1 atom stereocenters. The first-order valence-electron chi connectivity index (χ1n) is 6.48. The first-order valence-corrected chi connectivity index (χ1v) is 6.48. The molecule has 0 amide bonds. The molecule has 0 aliphatic rings. The summed E-state index contributed by atoms with van der Waals surface area (Å²) in [6.07, 6.45) is 3.48. The second-order valence-electron chi connectivity index (χ2n) is 4.86.